The zero-order chi connectivity index (χ0) is 69.7. The number of hydrogen-bond donors (Lipinski definition) is 0. The molecular formula is C87H165NO8. The van der Waals surface area contributed by atoms with E-state index in [0.29, 0.717) is 17.4 Å². The van der Waals surface area contributed by atoms with Crippen molar-refractivity contribution in [1.82, 2.24) is 0 Å². The number of hydrogen-bond acceptors (Lipinski definition) is 8. The summed E-state index contributed by atoms with van der Waals surface area (Å²) in [6.07, 6.45) is 98.7. The molecule has 0 heterocycles. The molecule has 0 rings (SSSR count). The van der Waals surface area contributed by atoms with Gasteiger partial charge in [-0.15, -0.1) is 0 Å². The Hall–Kier alpha value is -2.49. The van der Waals surface area contributed by atoms with Crippen LogP contribution in [0.25, 0.3) is 0 Å². The van der Waals surface area contributed by atoms with Crippen LogP contribution in [0.4, 0.5) is 0 Å². The lowest BCUT2D eigenvalue weighted by atomic mass is 10.0. The first-order valence-electron chi connectivity index (χ1n) is 42.6. The number of esters is 2. The Balaban J connectivity index is 3.93. The van der Waals surface area contributed by atoms with E-state index in [-0.39, 0.29) is 32.2 Å². The van der Waals surface area contributed by atoms with E-state index in [2.05, 4.69) is 50.3 Å². The zero-order valence-electron chi connectivity index (χ0n) is 65.0. The number of ether oxygens (including phenoxy) is 4. The maximum atomic E-state index is 13.0. The Kier molecular flexibility index (Phi) is 76.2. The van der Waals surface area contributed by atoms with Gasteiger partial charge in [-0.3, -0.25) is 9.59 Å². The fraction of sp³-hybridized carbons (Fsp3) is 0.897. The van der Waals surface area contributed by atoms with Gasteiger partial charge in [0.25, 0.3) is 0 Å². The van der Waals surface area contributed by atoms with Crippen LogP contribution in [0, 0.1) is 0 Å². The topological polar surface area (TPSA) is 111 Å². The number of nitrogens with zero attached hydrogens (tertiary/aromatic N) is 1. The molecule has 0 aliphatic heterocycles. The molecule has 0 saturated heterocycles. The van der Waals surface area contributed by atoms with Gasteiger partial charge in [0.15, 0.2) is 12.4 Å². The molecule has 9 nitrogen and oxygen atoms in total. The number of quaternary nitrogens is 1. The summed E-state index contributed by atoms with van der Waals surface area (Å²) >= 11 is 0. The molecule has 0 aromatic carbocycles. The number of carboxylic acids is 1. The van der Waals surface area contributed by atoms with Crippen LogP contribution >= 0.6 is 0 Å². The second-order valence-electron chi connectivity index (χ2n) is 30.5. The predicted molar refractivity (Wildman–Crippen MR) is 413 cm³/mol. The fourth-order valence-electron chi connectivity index (χ4n) is 13.1. The third-order valence-electron chi connectivity index (χ3n) is 19.6. The molecule has 0 aliphatic rings. The molecular weight excluding hydrogens is 1190 g/mol. The molecule has 0 fully saturated rings. The third-order valence-corrected chi connectivity index (χ3v) is 19.6. The van der Waals surface area contributed by atoms with Crippen LogP contribution in [0.1, 0.15) is 444 Å². The number of unbranched alkanes of at least 4 members (excludes halogenated alkanes) is 60. The number of allylic oxidation sites excluding steroid dienone is 6. The lowest BCUT2D eigenvalue weighted by Gasteiger charge is -2.26. The molecule has 0 amide bonds. The Morgan fingerprint density at radius 3 is 0.833 bits per heavy atom. The molecule has 9 heteroatoms. The molecule has 0 radical (unpaired) electrons. The van der Waals surface area contributed by atoms with E-state index in [0.717, 1.165) is 51.4 Å². The van der Waals surface area contributed by atoms with Gasteiger partial charge in [0.05, 0.1) is 40.3 Å². The minimum absolute atomic E-state index is 0.151. The normalized spacial score (nSPS) is 12.7. The average Bonchev–Trinajstić information content (AvgIpc) is 2.40. The highest BCUT2D eigenvalue weighted by molar-refractivity contribution is 5.70. The summed E-state index contributed by atoms with van der Waals surface area (Å²) in [5, 5.41) is 11.9. The standard InChI is InChI=1S/C87H165NO8/c1-6-8-10-12-14-16-18-20-22-24-26-28-30-32-34-36-38-40-41-42-43-44-46-47-49-51-53-55-57-59-61-63-65-67-69-71-73-75-77-84(89)94-81-83(82-95-87(86(91)92)93-80-79-88(3,4)5)96-85(90)78-76-74-72-70-68-66-64-62-60-58-56-54-52-50-48-45-39-37-35-33-31-29-27-25-23-21-19-17-15-13-11-9-7-2/h19,21,25,27,31,33,83,87H,6-18,20,22-24,26,28-30,32,34-82H2,1-5H3/b21-19-,27-25-,33-31-. The quantitative estimate of drug-likeness (QED) is 0.0195. The first-order valence-corrected chi connectivity index (χ1v) is 42.6. The fourth-order valence-corrected chi connectivity index (χ4v) is 13.1. The van der Waals surface area contributed by atoms with Crippen LogP contribution in [0.3, 0.4) is 0 Å². The molecule has 566 valence electrons. The van der Waals surface area contributed by atoms with Gasteiger partial charge in [0, 0.05) is 12.8 Å². The maximum absolute atomic E-state index is 13.0. The Morgan fingerprint density at radius 1 is 0.312 bits per heavy atom. The Bertz CT molecular complexity index is 1670. The van der Waals surface area contributed by atoms with E-state index in [1.54, 1.807) is 0 Å². The van der Waals surface area contributed by atoms with Gasteiger partial charge in [-0.05, 0) is 51.4 Å². The van der Waals surface area contributed by atoms with Gasteiger partial charge in [-0.1, -0.05) is 416 Å². The monoisotopic (exact) mass is 1350 g/mol. The Labute approximate surface area is 598 Å². The van der Waals surface area contributed by atoms with E-state index in [1.165, 1.54) is 366 Å². The summed E-state index contributed by atoms with van der Waals surface area (Å²) in [4.78, 5) is 37.6. The summed E-state index contributed by atoms with van der Waals surface area (Å²) < 4.78 is 22.9. The minimum atomic E-state index is -1.62. The molecule has 0 aromatic rings. The van der Waals surface area contributed by atoms with Crippen molar-refractivity contribution in [3.05, 3.63) is 36.5 Å². The lowest BCUT2D eigenvalue weighted by Crippen LogP contribution is -2.44. The smallest absolute Gasteiger partial charge is 0.306 e. The van der Waals surface area contributed by atoms with Crippen LogP contribution in [0.2, 0.25) is 0 Å². The molecule has 0 saturated carbocycles. The van der Waals surface area contributed by atoms with Crippen molar-refractivity contribution in [3.63, 3.8) is 0 Å². The van der Waals surface area contributed by atoms with Crippen LogP contribution in [-0.4, -0.2) is 82.3 Å². The molecule has 0 bridgehead atoms. The largest absolute Gasteiger partial charge is 0.545 e. The van der Waals surface area contributed by atoms with Gasteiger partial charge in [0.1, 0.15) is 13.2 Å². The number of carbonyl (C=O) groups is 3. The maximum Gasteiger partial charge on any atom is 0.306 e. The summed E-state index contributed by atoms with van der Waals surface area (Å²) in [6.45, 7) is 4.82. The van der Waals surface area contributed by atoms with E-state index >= 15 is 0 Å². The van der Waals surface area contributed by atoms with Crippen molar-refractivity contribution >= 4 is 17.9 Å². The van der Waals surface area contributed by atoms with E-state index < -0.39 is 24.3 Å². The summed E-state index contributed by atoms with van der Waals surface area (Å²) in [5.41, 5.74) is 0. The molecule has 0 aromatic heterocycles. The number of rotatable bonds is 81. The van der Waals surface area contributed by atoms with Crippen LogP contribution in [-0.2, 0) is 33.3 Å². The highest BCUT2D eigenvalue weighted by Gasteiger charge is 2.22. The molecule has 0 spiro atoms. The molecule has 2 atom stereocenters. The van der Waals surface area contributed by atoms with Crippen molar-refractivity contribution in [2.45, 2.75) is 456 Å². The third kappa shape index (κ3) is 78.8. The zero-order valence-corrected chi connectivity index (χ0v) is 65.0. The number of likely N-dealkylation sites (N-methyl/N-ethyl adjacent to an activating group) is 1. The van der Waals surface area contributed by atoms with Gasteiger partial charge >= 0.3 is 11.9 Å². The number of aliphatic carboxylic acids is 1. The average molecular weight is 1350 g/mol. The van der Waals surface area contributed by atoms with Crippen molar-refractivity contribution in [1.29, 1.82) is 0 Å². The van der Waals surface area contributed by atoms with E-state index in [1.807, 2.05) is 21.1 Å². The molecule has 0 N–H and O–H groups in total. The highest BCUT2D eigenvalue weighted by Crippen LogP contribution is 2.21. The second kappa shape index (κ2) is 78.2. The molecule has 0 aliphatic carbocycles. The molecule has 2 unspecified atom stereocenters. The molecule has 96 heavy (non-hydrogen) atoms. The summed E-state index contributed by atoms with van der Waals surface area (Å²) in [5.74, 6) is -2.25. The summed E-state index contributed by atoms with van der Waals surface area (Å²) in [6, 6.07) is 0. The SMILES string of the molecule is CCCCCCC/C=C\C/C=C\C/C=C\CCCCCCCCCCCCCCCCCCCCC(=O)OC(COC(=O)CCCCCCCCCCCCCCCCCCCCCCCCCCCCCCCCCCCCCCCC)COC(OCC[N+](C)(C)C)C(=O)[O-]. The second-order valence-corrected chi connectivity index (χ2v) is 30.5. The predicted octanol–water partition coefficient (Wildman–Crippen LogP) is 26.1. The number of carbonyl (C=O) groups excluding carboxylic acids is 3. The van der Waals surface area contributed by atoms with E-state index in [9.17, 15) is 19.5 Å². The van der Waals surface area contributed by atoms with Crippen LogP contribution in [0.15, 0.2) is 36.5 Å². The van der Waals surface area contributed by atoms with Gasteiger partial charge < -0.3 is 33.3 Å². The lowest BCUT2D eigenvalue weighted by molar-refractivity contribution is -0.870. The van der Waals surface area contributed by atoms with Crippen molar-refractivity contribution in [2.75, 3.05) is 47.5 Å². The minimum Gasteiger partial charge on any atom is -0.545 e. The van der Waals surface area contributed by atoms with Crippen LogP contribution < -0.4 is 5.11 Å². The van der Waals surface area contributed by atoms with Crippen LogP contribution in [0.5, 0.6) is 0 Å². The van der Waals surface area contributed by atoms with Crippen molar-refractivity contribution in [3.8, 4) is 0 Å². The van der Waals surface area contributed by atoms with Gasteiger partial charge in [-0.2, -0.15) is 0 Å². The van der Waals surface area contributed by atoms with Crippen molar-refractivity contribution < 1.29 is 42.9 Å². The highest BCUT2D eigenvalue weighted by atomic mass is 16.7. The van der Waals surface area contributed by atoms with Gasteiger partial charge in [-0.25, -0.2) is 0 Å². The first-order chi connectivity index (χ1) is 47.1. The Morgan fingerprint density at radius 2 is 0.562 bits per heavy atom. The van der Waals surface area contributed by atoms with Crippen molar-refractivity contribution in [2.24, 2.45) is 0 Å². The number of carboxylic acid groups (broad SMARTS) is 1. The van der Waals surface area contributed by atoms with Gasteiger partial charge in [0.2, 0.25) is 0 Å². The summed E-state index contributed by atoms with van der Waals surface area (Å²) in [7, 11) is 5.95. The van der Waals surface area contributed by atoms with E-state index in [4.69, 9.17) is 18.9 Å². The first kappa shape index (κ1) is 93.5.